The second-order valence-electron chi connectivity index (χ2n) is 14.7. The van der Waals surface area contributed by atoms with Crippen molar-refractivity contribution in [2.75, 3.05) is 19.6 Å². The van der Waals surface area contributed by atoms with Crippen LogP contribution in [-0.2, 0) is 41.6 Å². The van der Waals surface area contributed by atoms with Crippen LogP contribution in [0.15, 0.2) is 72.8 Å². The molecule has 1 aliphatic heterocycles. The fourth-order valence-electron chi connectivity index (χ4n) is 6.56. The zero-order chi connectivity index (χ0) is 41.0. The van der Waals surface area contributed by atoms with Crippen LogP contribution in [0.1, 0.15) is 69.9 Å². The van der Waals surface area contributed by atoms with Crippen molar-refractivity contribution in [3.63, 3.8) is 0 Å². The van der Waals surface area contributed by atoms with Gasteiger partial charge in [-0.2, -0.15) is 0 Å². The van der Waals surface area contributed by atoms with Gasteiger partial charge in [-0.3, -0.25) is 34.1 Å². The molecule has 1 saturated heterocycles. The number of primary amides is 1. The Kier molecular flexibility index (Phi) is 18.9. The van der Waals surface area contributed by atoms with E-state index in [9.17, 15) is 33.6 Å². The molecular weight excluding hydrogens is 716 g/mol. The topological polar surface area (TPSA) is 249 Å². The van der Waals surface area contributed by atoms with E-state index < -0.39 is 53.8 Å². The number of carbonyl (C=O) groups excluding carboxylic acids is 7. The summed E-state index contributed by atoms with van der Waals surface area (Å²) >= 11 is 0. The largest absolute Gasteiger partial charge is 0.351 e. The molecular formula is C41H58N8O7. The van der Waals surface area contributed by atoms with Crippen molar-refractivity contribution < 1.29 is 33.6 Å². The van der Waals surface area contributed by atoms with Gasteiger partial charge in [0.15, 0.2) is 5.78 Å². The van der Waals surface area contributed by atoms with Gasteiger partial charge in [-0.05, 0) is 80.5 Å². The van der Waals surface area contributed by atoms with Crippen LogP contribution in [0.5, 0.6) is 0 Å². The smallest absolute Gasteiger partial charge is 0.319 e. The minimum atomic E-state index is -1.04. The van der Waals surface area contributed by atoms with Crippen LogP contribution in [-0.4, -0.2) is 90.1 Å². The molecule has 304 valence electrons. The van der Waals surface area contributed by atoms with Gasteiger partial charge in [-0.15, -0.1) is 0 Å². The van der Waals surface area contributed by atoms with Crippen LogP contribution in [0.4, 0.5) is 4.79 Å². The summed E-state index contributed by atoms with van der Waals surface area (Å²) in [5, 5.41) is 10.5. The van der Waals surface area contributed by atoms with Crippen LogP contribution >= 0.6 is 0 Å². The van der Waals surface area contributed by atoms with Crippen molar-refractivity contribution in [2.45, 2.75) is 95.8 Å². The molecule has 1 heterocycles. The number of urea groups is 1. The lowest BCUT2D eigenvalue weighted by Gasteiger charge is -2.35. The van der Waals surface area contributed by atoms with Gasteiger partial charge in [0, 0.05) is 32.0 Å². The molecule has 15 nitrogen and oxygen atoms in total. The number of rotatable bonds is 21. The SMILES string of the molecule is CC(C)C[C@@H](NC(=O)[C@@H](Cc1ccccc1)NC(=O)[C@H](N)Cc1ccccc1)C(=O)N[C@H](CCCCN)C(=O)N1CCC(CC(=O)/C=C/C(=O)NC(N)=O)CC1. The molecule has 0 unspecified atom stereocenters. The monoisotopic (exact) mass is 774 g/mol. The number of nitrogens with two attached hydrogens (primary N) is 3. The molecule has 15 heteroatoms. The van der Waals surface area contributed by atoms with E-state index in [0.29, 0.717) is 51.7 Å². The van der Waals surface area contributed by atoms with Gasteiger partial charge in [0.2, 0.25) is 23.6 Å². The van der Waals surface area contributed by atoms with Crippen LogP contribution in [0.2, 0.25) is 0 Å². The lowest BCUT2D eigenvalue weighted by Crippen LogP contribution is -2.59. The van der Waals surface area contributed by atoms with Gasteiger partial charge in [-0.1, -0.05) is 74.5 Å². The molecule has 7 amide bonds. The summed E-state index contributed by atoms with van der Waals surface area (Å²) in [6.07, 6.45) is 5.59. The van der Waals surface area contributed by atoms with E-state index in [1.54, 1.807) is 4.90 Å². The zero-order valence-electron chi connectivity index (χ0n) is 32.4. The second-order valence-corrected chi connectivity index (χ2v) is 14.7. The van der Waals surface area contributed by atoms with E-state index in [-0.39, 0.29) is 49.2 Å². The van der Waals surface area contributed by atoms with E-state index in [0.717, 1.165) is 23.3 Å². The highest BCUT2D eigenvalue weighted by Crippen LogP contribution is 2.22. The van der Waals surface area contributed by atoms with Crippen LogP contribution in [0, 0.1) is 11.8 Å². The minimum Gasteiger partial charge on any atom is -0.351 e. The lowest BCUT2D eigenvalue weighted by molar-refractivity contribution is -0.139. The van der Waals surface area contributed by atoms with Gasteiger partial charge in [0.1, 0.15) is 18.1 Å². The number of likely N-dealkylation sites (tertiary alicyclic amines) is 1. The number of allylic oxidation sites excluding steroid dienone is 1. The molecule has 3 rings (SSSR count). The Balaban J connectivity index is 1.70. The van der Waals surface area contributed by atoms with Crippen molar-refractivity contribution >= 4 is 41.4 Å². The Morgan fingerprint density at radius 1 is 0.750 bits per heavy atom. The van der Waals surface area contributed by atoms with E-state index in [1.165, 1.54) is 0 Å². The highest BCUT2D eigenvalue weighted by Gasteiger charge is 2.33. The summed E-state index contributed by atoms with van der Waals surface area (Å²) in [4.78, 5) is 91.6. The van der Waals surface area contributed by atoms with Gasteiger partial charge >= 0.3 is 6.03 Å². The third kappa shape index (κ3) is 16.1. The van der Waals surface area contributed by atoms with Crippen molar-refractivity contribution in [1.82, 2.24) is 26.2 Å². The van der Waals surface area contributed by atoms with Gasteiger partial charge in [0.05, 0.1) is 6.04 Å². The average Bonchev–Trinajstić information content (AvgIpc) is 3.16. The normalized spacial score (nSPS) is 15.3. The number of nitrogens with one attached hydrogen (secondary N) is 4. The molecule has 4 atom stereocenters. The third-order valence-electron chi connectivity index (χ3n) is 9.54. The second kappa shape index (κ2) is 23.5. The van der Waals surface area contributed by atoms with E-state index in [1.807, 2.05) is 79.8 Å². The minimum absolute atomic E-state index is 0.00646. The first-order chi connectivity index (χ1) is 26.7. The average molecular weight is 775 g/mol. The molecule has 0 saturated carbocycles. The summed E-state index contributed by atoms with van der Waals surface area (Å²) in [5.41, 5.74) is 18.6. The van der Waals surface area contributed by atoms with E-state index in [2.05, 4.69) is 16.0 Å². The Labute approximate surface area is 328 Å². The number of hydrogen-bond donors (Lipinski definition) is 7. The molecule has 1 aliphatic rings. The molecule has 0 aromatic heterocycles. The molecule has 56 heavy (non-hydrogen) atoms. The molecule has 0 bridgehead atoms. The highest BCUT2D eigenvalue weighted by molar-refractivity contribution is 6.03. The predicted octanol–water partition coefficient (Wildman–Crippen LogP) is 1.38. The maximum absolute atomic E-state index is 14.0. The number of unbranched alkanes of at least 4 members (excludes halogenated alkanes) is 1. The van der Waals surface area contributed by atoms with Gasteiger partial charge < -0.3 is 38.1 Å². The molecule has 0 aliphatic carbocycles. The van der Waals surface area contributed by atoms with Crippen molar-refractivity contribution in [2.24, 2.45) is 29.0 Å². The number of imide groups is 1. The maximum atomic E-state index is 14.0. The molecule has 10 N–H and O–H groups in total. The number of carbonyl (C=O) groups is 7. The van der Waals surface area contributed by atoms with Gasteiger partial charge in [-0.25, -0.2) is 4.79 Å². The Bertz CT molecular complexity index is 1650. The molecule has 1 fully saturated rings. The molecule has 2 aromatic carbocycles. The van der Waals surface area contributed by atoms with Crippen LogP contribution in [0.25, 0.3) is 0 Å². The number of amides is 7. The summed E-state index contributed by atoms with van der Waals surface area (Å²) in [5.74, 6) is -2.95. The molecule has 0 radical (unpaired) electrons. The van der Waals surface area contributed by atoms with Crippen LogP contribution < -0.4 is 38.5 Å². The summed E-state index contributed by atoms with van der Waals surface area (Å²) < 4.78 is 0. The van der Waals surface area contributed by atoms with E-state index >= 15 is 0 Å². The van der Waals surface area contributed by atoms with Crippen molar-refractivity contribution in [3.05, 3.63) is 83.9 Å². The number of ketones is 1. The van der Waals surface area contributed by atoms with Crippen molar-refractivity contribution in [1.29, 1.82) is 0 Å². The first-order valence-electron chi connectivity index (χ1n) is 19.3. The first-order valence-corrected chi connectivity index (χ1v) is 19.3. The molecule has 2 aromatic rings. The molecule has 0 spiro atoms. The van der Waals surface area contributed by atoms with Gasteiger partial charge in [0.25, 0.3) is 5.91 Å². The predicted molar refractivity (Wildman–Crippen MR) is 212 cm³/mol. The third-order valence-corrected chi connectivity index (χ3v) is 9.54. The fourth-order valence-corrected chi connectivity index (χ4v) is 6.56. The van der Waals surface area contributed by atoms with Crippen molar-refractivity contribution in [3.8, 4) is 0 Å². The number of benzene rings is 2. The lowest BCUT2D eigenvalue weighted by atomic mass is 9.91. The fraction of sp³-hybridized carbons (Fsp3) is 0.488. The quantitative estimate of drug-likeness (QED) is 0.0714. The number of hydrogen-bond acceptors (Lipinski definition) is 9. The summed E-state index contributed by atoms with van der Waals surface area (Å²) in [6.45, 7) is 4.99. The first kappa shape index (κ1) is 45.0. The zero-order valence-corrected chi connectivity index (χ0v) is 32.4. The Hall–Kier alpha value is -5.41. The number of nitrogens with zero attached hydrogens (tertiary/aromatic N) is 1. The maximum Gasteiger partial charge on any atom is 0.319 e. The number of piperidine rings is 1. The Morgan fingerprint density at radius 3 is 1.88 bits per heavy atom. The standard InChI is InChI=1S/C41H58N8O7/c1-27(2)23-34(47-39(54)35(26-29-13-7-4-8-14-29)46-37(52)32(43)25-28-11-5-3-6-12-28)38(53)45-33(15-9-10-20-42)40(55)49-21-18-30(19-22-49)24-31(50)16-17-36(51)48-41(44)56/h3-8,11-14,16-17,27,30,32-35H,9-10,15,18-26,42-43H2,1-2H3,(H,45,53)(H,46,52)(H,47,54)(H3,44,48,51,56)/b17-16+/t32-,33-,34-,35-/m1/s1. The highest BCUT2D eigenvalue weighted by atomic mass is 16.2. The summed E-state index contributed by atoms with van der Waals surface area (Å²) in [6, 6.07) is 13.7. The van der Waals surface area contributed by atoms with Crippen LogP contribution in [0.3, 0.4) is 0 Å². The van der Waals surface area contributed by atoms with E-state index in [4.69, 9.17) is 17.2 Å². The Morgan fingerprint density at radius 2 is 1.30 bits per heavy atom. The summed E-state index contributed by atoms with van der Waals surface area (Å²) in [7, 11) is 0.